The molecule has 1 fully saturated rings. The molecule has 1 N–H and O–H groups in total. The SMILES string of the molecule is Cc1nc(-n2cnn(CC3CC3(F)F)c2=O)sc1C(=O)NCc1csc(C(F)(F)F)n1. The van der Waals surface area contributed by atoms with Gasteiger partial charge in [0.25, 0.3) is 11.8 Å². The van der Waals surface area contributed by atoms with E-state index in [9.17, 15) is 31.5 Å². The molecule has 1 amide bonds. The standard InChI is InChI=1S/C16H13F5N6O2S2/c1-7-10(11(28)22-3-9-5-30-12(25-9)16(19,20)21)31-13(24-7)26-6-23-27(14(26)29)4-8-2-15(8,17)18/h5-6,8H,2-4H2,1H3,(H,22,28). The summed E-state index contributed by atoms with van der Waals surface area (Å²) in [6.07, 6.45) is -3.71. The van der Waals surface area contributed by atoms with Crippen molar-refractivity contribution in [1.82, 2.24) is 29.6 Å². The van der Waals surface area contributed by atoms with Crippen LogP contribution in [0.3, 0.4) is 0 Å². The summed E-state index contributed by atoms with van der Waals surface area (Å²) in [6, 6.07) is 0. The van der Waals surface area contributed by atoms with E-state index in [1.807, 2.05) is 0 Å². The smallest absolute Gasteiger partial charge is 0.346 e. The van der Waals surface area contributed by atoms with Crippen LogP contribution in [0.25, 0.3) is 5.13 Å². The molecular formula is C16H13F5N6O2S2. The molecule has 1 aliphatic rings. The van der Waals surface area contributed by atoms with E-state index < -0.39 is 34.6 Å². The summed E-state index contributed by atoms with van der Waals surface area (Å²) in [5, 5.41) is 6.60. The average Bonchev–Trinajstić information content (AvgIpc) is 3.13. The van der Waals surface area contributed by atoms with Gasteiger partial charge in [-0.05, 0) is 6.92 Å². The van der Waals surface area contributed by atoms with Crippen molar-refractivity contribution >= 4 is 28.6 Å². The first kappa shape index (κ1) is 21.5. The van der Waals surface area contributed by atoms with Gasteiger partial charge in [-0.15, -0.1) is 11.3 Å². The zero-order valence-electron chi connectivity index (χ0n) is 15.6. The number of carbonyl (C=O) groups excluding carboxylic acids is 1. The van der Waals surface area contributed by atoms with Crippen molar-refractivity contribution < 1.29 is 26.7 Å². The lowest BCUT2D eigenvalue weighted by Crippen LogP contribution is -2.25. The lowest BCUT2D eigenvalue weighted by Gasteiger charge is -2.02. The fourth-order valence-corrected chi connectivity index (χ4v) is 4.37. The van der Waals surface area contributed by atoms with E-state index in [1.165, 1.54) is 12.3 Å². The highest BCUT2D eigenvalue weighted by Crippen LogP contribution is 2.49. The molecule has 0 bridgehead atoms. The van der Waals surface area contributed by atoms with Crippen LogP contribution in [0.5, 0.6) is 0 Å². The number of alkyl halides is 5. The molecule has 0 aliphatic heterocycles. The number of nitrogens with one attached hydrogen (secondary N) is 1. The van der Waals surface area contributed by atoms with Gasteiger partial charge in [0.15, 0.2) is 10.1 Å². The summed E-state index contributed by atoms with van der Waals surface area (Å²) in [6.45, 7) is 1.09. The average molecular weight is 480 g/mol. The van der Waals surface area contributed by atoms with Crippen molar-refractivity contribution in [1.29, 1.82) is 0 Å². The van der Waals surface area contributed by atoms with Crippen molar-refractivity contribution in [3.63, 3.8) is 0 Å². The highest BCUT2D eigenvalue weighted by atomic mass is 32.1. The van der Waals surface area contributed by atoms with Crippen molar-refractivity contribution in [2.45, 2.75) is 38.5 Å². The Bertz CT molecular complexity index is 1190. The Morgan fingerprint density at radius 1 is 1.35 bits per heavy atom. The third kappa shape index (κ3) is 4.37. The number of hydrogen-bond donors (Lipinski definition) is 1. The number of rotatable bonds is 6. The quantitative estimate of drug-likeness (QED) is 0.548. The monoisotopic (exact) mass is 480 g/mol. The van der Waals surface area contributed by atoms with E-state index in [0.29, 0.717) is 17.0 Å². The molecular weight excluding hydrogens is 467 g/mol. The number of aromatic nitrogens is 5. The second kappa shape index (κ2) is 7.47. The van der Waals surface area contributed by atoms with Gasteiger partial charge in [0.2, 0.25) is 0 Å². The largest absolute Gasteiger partial charge is 0.443 e. The number of nitrogens with zero attached hydrogens (tertiary/aromatic N) is 5. The number of amides is 1. The molecule has 166 valence electrons. The van der Waals surface area contributed by atoms with Gasteiger partial charge in [0, 0.05) is 17.7 Å². The molecule has 3 aromatic heterocycles. The van der Waals surface area contributed by atoms with E-state index in [0.717, 1.165) is 26.9 Å². The number of halogens is 5. The minimum Gasteiger partial charge on any atom is -0.346 e. The normalized spacial score (nSPS) is 17.7. The number of thiazole rings is 2. The fourth-order valence-electron chi connectivity index (χ4n) is 2.74. The molecule has 1 atom stereocenters. The Labute approximate surface area is 178 Å². The lowest BCUT2D eigenvalue weighted by atomic mass is 10.3. The Kier molecular flexibility index (Phi) is 5.20. The van der Waals surface area contributed by atoms with Gasteiger partial charge in [-0.3, -0.25) is 4.79 Å². The molecule has 1 aliphatic carbocycles. The minimum atomic E-state index is -4.55. The van der Waals surface area contributed by atoms with Crippen LogP contribution < -0.4 is 11.0 Å². The van der Waals surface area contributed by atoms with E-state index in [4.69, 9.17) is 0 Å². The Balaban J connectivity index is 1.45. The number of aryl methyl sites for hydroxylation is 1. The number of carbonyl (C=O) groups is 1. The predicted octanol–water partition coefficient (Wildman–Crippen LogP) is 2.86. The van der Waals surface area contributed by atoms with Crippen LogP contribution in [0.2, 0.25) is 0 Å². The van der Waals surface area contributed by atoms with Gasteiger partial charge in [-0.2, -0.15) is 18.3 Å². The summed E-state index contributed by atoms with van der Waals surface area (Å²) in [5.41, 5.74) is -0.312. The molecule has 3 aromatic rings. The highest BCUT2D eigenvalue weighted by Gasteiger charge is 2.57. The molecule has 4 rings (SSSR count). The van der Waals surface area contributed by atoms with Gasteiger partial charge < -0.3 is 5.32 Å². The van der Waals surface area contributed by atoms with Crippen LogP contribution in [-0.2, 0) is 19.3 Å². The second-order valence-corrected chi connectivity index (χ2v) is 8.70. The first-order valence-corrected chi connectivity index (χ1v) is 10.4. The van der Waals surface area contributed by atoms with Crippen molar-refractivity contribution in [3.8, 4) is 5.13 Å². The van der Waals surface area contributed by atoms with Gasteiger partial charge in [-0.25, -0.2) is 32.8 Å². The molecule has 1 saturated carbocycles. The lowest BCUT2D eigenvalue weighted by molar-refractivity contribution is -0.137. The van der Waals surface area contributed by atoms with Crippen molar-refractivity contribution in [2.24, 2.45) is 5.92 Å². The van der Waals surface area contributed by atoms with Gasteiger partial charge in [0.05, 0.1) is 24.5 Å². The van der Waals surface area contributed by atoms with Crippen LogP contribution in [0.1, 0.15) is 32.5 Å². The molecule has 0 spiro atoms. The fraction of sp³-hybridized carbons (Fsp3) is 0.438. The predicted molar refractivity (Wildman–Crippen MR) is 99.6 cm³/mol. The second-order valence-electron chi connectivity index (χ2n) is 6.86. The summed E-state index contributed by atoms with van der Waals surface area (Å²) >= 11 is 1.30. The molecule has 0 aromatic carbocycles. The third-order valence-electron chi connectivity index (χ3n) is 4.50. The highest BCUT2D eigenvalue weighted by molar-refractivity contribution is 7.16. The Hall–Kier alpha value is -2.68. The van der Waals surface area contributed by atoms with Crippen LogP contribution in [0, 0.1) is 12.8 Å². The maximum Gasteiger partial charge on any atom is 0.443 e. The molecule has 0 saturated heterocycles. The van der Waals surface area contributed by atoms with Crippen LogP contribution in [-0.4, -0.2) is 36.1 Å². The van der Waals surface area contributed by atoms with Gasteiger partial charge in [0.1, 0.15) is 11.2 Å². The van der Waals surface area contributed by atoms with E-state index in [-0.39, 0.29) is 35.2 Å². The zero-order valence-corrected chi connectivity index (χ0v) is 17.2. The zero-order chi connectivity index (χ0) is 22.6. The molecule has 1 unspecified atom stereocenters. The first-order chi connectivity index (χ1) is 14.5. The van der Waals surface area contributed by atoms with E-state index >= 15 is 0 Å². The van der Waals surface area contributed by atoms with Crippen LogP contribution in [0.15, 0.2) is 16.5 Å². The molecule has 0 radical (unpaired) electrons. The maximum atomic E-state index is 13.1. The summed E-state index contributed by atoms with van der Waals surface area (Å²) in [4.78, 5) is 32.6. The first-order valence-electron chi connectivity index (χ1n) is 8.75. The molecule has 31 heavy (non-hydrogen) atoms. The molecule has 15 heteroatoms. The molecule has 3 heterocycles. The Morgan fingerprint density at radius 2 is 2.06 bits per heavy atom. The van der Waals surface area contributed by atoms with Gasteiger partial charge >= 0.3 is 11.9 Å². The molecule has 8 nitrogen and oxygen atoms in total. The van der Waals surface area contributed by atoms with Crippen LogP contribution in [0.4, 0.5) is 22.0 Å². The summed E-state index contributed by atoms with van der Waals surface area (Å²) in [5.74, 6) is -4.32. The van der Waals surface area contributed by atoms with Crippen molar-refractivity contribution in [3.05, 3.63) is 43.5 Å². The minimum absolute atomic E-state index is 0.0578. The van der Waals surface area contributed by atoms with Gasteiger partial charge in [-0.1, -0.05) is 11.3 Å². The number of hydrogen-bond acceptors (Lipinski definition) is 7. The van der Waals surface area contributed by atoms with Crippen LogP contribution >= 0.6 is 22.7 Å². The van der Waals surface area contributed by atoms with E-state index in [2.05, 4.69) is 20.4 Å². The summed E-state index contributed by atoms with van der Waals surface area (Å²) in [7, 11) is 0. The summed E-state index contributed by atoms with van der Waals surface area (Å²) < 4.78 is 66.0. The third-order valence-corrected chi connectivity index (χ3v) is 6.60. The van der Waals surface area contributed by atoms with E-state index in [1.54, 1.807) is 0 Å². The Morgan fingerprint density at radius 3 is 2.68 bits per heavy atom. The van der Waals surface area contributed by atoms with Crippen molar-refractivity contribution in [2.75, 3.05) is 0 Å². The maximum absolute atomic E-state index is 13.1. The topological polar surface area (TPSA) is 94.7 Å².